The molecule has 1 heterocycles. The van der Waals surface area contributed by atoms with Crippen molar-refractivity contribution in [1.29, 1.82) is 0 Å². The van der Waals surface area contributed by atoms with Gasteiger partial charge < -0.3 is 11.5 Å². The van der Waals surface area contributed by atoms with Crippen molar-refractivity contribution in [2.45, 2.75) is 6.17 Å². The molecule has 0 unspecified atom stereocenters. The van der Waals surface area contributed by atoms with E-state index in [1.54, 1.807) is 18.3 Å². The van der Waals surface area contributed by atoms with Crippen molar-refractivity contribution in [3.8, 4) is 0 Å². The summed E-state index contributed by atoms with van der Waals surface area (Å²) in [5.41, 5.74) is 10.8. The summed E-state index contributed by atoms with van der Waals surface area (Å²) in [5.74, 6) is -0.293. The Morgan fingerprint density at radius 2 is 2.27 bits per heavy atom. The molecule has 1 rings (SSSR count). The fourth-order valence-electron chi connectivity index (χ4n) is 0.701. The standard InChI is InChI=1S/C7H9N3O/c8-7(9)6(11)5-2-1-3-10-4-5/h1-4,7H,8-9H2. The maximum Gasteiger partial charge on any atom is 0.195 e. The van der Waals surface area contributed by atoms with E-state index in [0.29, 0.717) is 5.56 Å². The van der Waals surface area contributed by atoms with E-state index in [1.165, 1.54) is 6.20 Å². The maximum absolute atomic E-state index is 11.1. The zero-order chi connectivity index (χ0) is 8.27. The van der Waals surface area contributed by atoms with Crippen molar-refractivity contribution in [3.63, 3.8) is 0 Å². The number of carbonyl (C=O) groups is 1. The maximum atomic E-state index is 11.1. The molecule has 1 aromatic rings. The van der Waals surface area contributed by atoms with Crippen molar-refractivity contribution in [1.82, 2.24) is 4.98 Å². The van der Waals surface area contributed by atoms with Crippen molar-refractivity contribution in [2.75, 3.05) is 0 Å². The minimum atomic E-state index is -0.945. The zero-order valence-electron chi connectivity index (χ0n) is 5.90. The monoisotopic (exact) mass is 151 g/mol. The molecule has 0 fully saturated rings. The summed E-state index contributed by atoms with van der Waals surface area (Å²) < 4.78 is 0. The average molecular weight is 151 g/mol. The van der Waals surface area contributed by atoms with E-state index in [2.05, 4.69) is 4.98 Å². The van der Waals surface area contributed by atoms with E-state index in [0.717, 1.165) is 0 Å². The van der Waals surface area contributed by atoms with E-state index in [-0.39, 0.29) is 5.78 Å². The van der Waals surface area contributed by atoms with Crippen LogP contribution in [0.4, 0.5) is 0 Å². The van der Waals surface area contributed by atoms with E-state index >= 15 is 0 Å². The Morgan fingerprint density at radius 1 is 1.55 bits per heavy atom. The van der Waals surface area contributed by atoms with Gasteiger partial charge in [0.25, 0.3) is 0 Å². The number of aromatic nitrogens is 1. The minimum Gasteiger partial charge on any atom is -0.310 e. The van der Waals surface area contributed by atoms with Gasteiger partial charge in [-0.2, -0.15) is 0 Å². The minimum absolute atomic E-state index is 0.293. The Kier molecular flexibility index (Phi) is 2.30. The highest BCUT2D eigenvalue weighted by molar-refractivity contribution is 5.99. The van der Waals surface area contributed by atoms with E-state index in [4.69, 9.17) is 11.5 Å². The lowest BCUT2D eigenvalue weighted by molar-refractivity contribution is 0.0963. The summed E-state index contributed by atoms with van der Waals surface area (Å²) in [6, 6.07) is 3.29. The SMILES string of the molecule is NC(N)C(=O)c1cccnc1. The molecular formula is C7H9N3O. The van der Waals surface area contributed by atoms with Crippen LogP contribution in [-0.4, -0.2) is 16.9 Å². The van der Waals surface area contributed by atoms with Gasteiger partial charge in [-0.1, -0.05) is 0 Å². The Morgan fingerprint density at radius 3 is 2.73 bits per heavy atom. The molecular weight excluding hydrogens is 142 g/mol. The number of pyridine rings is 1. The third-order valence-corrected chi connectivity index (χ3v) is 1.25. The average Bonchev–Trinajstić information content (AvgIpc) is 2.05. The Balaban J connectivity index is 2.86. The van der Waals surface area contributed by atoms with Gasteiger partial charge in [-0.05, 0) is 12.1 Å². The predicted octanol–water partition coefficient (Wildman–Crippen LogP) is -0.492. The summed E-state index contributed by atoms with van der Waals surface area (Å²) in [7, 11) is 0. The van der Waals surface area contributed by atoms with Crippen LogP contribution in [-0.2, 0) is 0 Å². The zero-order valence-corrected chi connectivity index (χ0v) is 5.90. The number of hydrogen-bond acceptors (Lipinski definition) is 4. The molecule has 0 radical (unpaired) electrons. The number of Topliss-reactive ketones (excluding diaryl/α,β-unsaturated/α-hetero) is 1. The fraction of sp³-hybridized carbons (Fsp3) is 0.143. The smallest absolute Gasteiger partial charge is 0.195 e. The van der Waals surface area contributed by atoms with Crippen molar-refractivity contribution in [2.24, 2.45) is 11.5 Å². The summed E-state index contributed by atoms with van der Waals surface area (Å²) in [6.07, 6.45) is 2.08. The summed E-state index contributed by atoms with van der Waals surface area (Å²) in [5, 5.41) is 0. The van der Waals surface area contributed by atoms with Gasteiger partial charge in [0.15, 0.2) is 5.78 Å². The van der Waals surface area contributed by atoms with Crippen molar-refractivity contribution in [3.05, 3.63) is 30.1 Å². The largest absolute Gasteiger partial charge is 0.310 e. The molecule has 0 aromatic carbocycles. The first-order valence-corrected chi connectivity index (χ1v) is 3.17. The molecule has 0 saturated carbocycles. The molecule has 0 aliphatic carbocycles. The third-order valence-electron chi connectivity index (χ3n) is 1.25. The second-order valence-electron chi connectivity index (χ2n) is 2.13. The first-order valence-electron chi connectivity index (χ1n) is 3.17. The molecule has 0 atom stereocenters. The van der Waals surface area contributed by atoms with E-state index in [1.807, 2.05) is 0 Å². The highest BCUT2D eigenvalue weighted by atomic mass is 16.1. The molecule has 1 aromatic heterocycles. The van der Waals surface area contributed by atoms with Gasteiger partial charge in [0.2, 0.25) is 0 Å². The number of ketones is 1. The molecule has 0 amide bonds. The number of nitrogens with zero attached hydrogens (tertiary/aromatic N) is 1. The Hall–Kier alpha value is -1.26. The third kappa shape index (κ3) is 1.83. The highest BCUT2D eigenvalue weighted by Gasteiger charge is 2.09. The van der Waals surface area contributed by atoms with Gasteiger partial charge in [0.1, 0.15) is 6.17 Å². The molecule has 11 heavy (non-hydrogen) atoms. The van der Waals surface area contributed by atoms with Crippen LogP contribution in [0.3, 0.4) is 0 Å². The summed E-state index contributed by atoms with van der Waals surface area (Å²) >= 11 is 0. The van der Waals surface area contributed by atoms with Crippen LogP contribution in [0.15, 0.2) is 24.5 Å². The fourth-order valence-corrected chi connectivity index (χ4v) is 0.701. The number of nitrogens with two attached hydrogens (primary N) is 2. The molecule has 0 aliphatic rings. The van der Waals surface area contributed by atoms with Gasteiger partial charge in [-0.3, -0.25) is 9.78 Å². The second kappa shape index (κ2) is 3.23. The van der Waals surface area contributed by atoms with Crippen molar-refractivity contribution < 1.29 is 4.79 Å². The molecule has 0 spiro atoms. The quantitative estimate of drug-likeness (QED) is 0.441. The second-order valence-corrected chi connectivity index (χ2v) is 2.13. The van der Waals surface area contributed by atoms with Gasteiger partial charge in [-0.15, -0.1) is 0 Å². The highest BCUT2D eigenvalue weighted by Crippen LogP contribution is 1.96. The molecule has 4 heteroatoms. The van der Waals surface area contributed by atoms with Crippen molar-refractivity contribution >= 4 is 5.78 Å². The van der Waals surface area contributed by atoms with E-state index < -0.39 is 6.17 Å². The van der Waals surface area contributed by atoms with Gasteiger partial charge >= 0.3 is 0 Å². The molecule has 0 bridgehead atoms. The molecule has 4 N–H and O–H groups in total. The van der Waals surface area contributed by atoms with Crippen LogP contribution in [0.1, 0.15) is 10.4 Å². The number of carbonyl (C=O) groups excluding carboxylic acids is 1. The van der Waals surface area contributed by atoms with Crippen LogP contribution in [0.2, 0.25) is 0 Å². The van der Waals surface area contributed by atoms with Gasteiger partial charge in [-0.25, -0.2) is 0 Å². The van der Waals surface area contributed by atoms with Gasteiger partial charge in [0, 0.05) is 18.0 Å². The Bertz CT molecular complexity index is 245. The van der Waals surface area contributed by atoms with Crippen LogP contribution in [0.25, 0.3) is 0 Å². The van der Waals surface area contributed by atoms with Crippen LogP contribution in [0, 0.1) is 0 Å². The Labute approximate surface area is 64.2 Å². The number of rotatable bonds is 2. The first kappa shape index (κ1) is 7.84. The summed E-state index contributed by atoms with van der Waals surface area (Å²) in [4.78, 5) is 14.8. The molecule has 58 valence electrons. The molecule has 4 nitrogen and oxygen atoms in total. The van der Waals surface area contributed by atoms with E-state index in [9.17, 15) is 4.79 Å². The van der Waals surface area contributed by atoms with Crippen LogP contribution < -0.4 is 11.5 Å². The predicted molar refractivity (Wildman–Crippen MR) is 40.7 cm³/mol. The van der Waals surface area contributed by atoms with Gasteiger partial charge in [0.05, 0.1) is 0 Å². The lowest BCUT2D eigenvalue weighted by Gasteiger charge is -2.01. The van der Waals surface area contributed by atoms with Crippen LogP contribution >= 0.6 is 0 Å². The topological polar surface area (TPSA) is 82.0 Å². The van der Waals surface area contributed by atoms with Crippen LogP contribution in [0.5, 0.6) is 0 Å². The molecule has 0 saturated heterocycles. The normalized spacial score (nSPS) is 10.1. The lowest BCUT2D eigenvalue weighted by atomic mass is 10.1. The number of hydrogen-bond donors (Lipinski definition) is 2. The lowest BCUT2D eigenvalue weighted by Crippen LogP contribution is -2.39. The first-order chi connectivity index (χ1) is 5.22. The summed E-state index contributed by atoms with van der Waals surface area (Å²) in [6.45, 7) is 0. The molecule has 0 aliphatic heterocycles.